The first-order valence-corrected chi connectivity index (χ1v) is 5.41. The molecule has 1 atom stereocenters. The van der Waals surface area contributed by atoms with E-state index in [-0.39, 0.29) is 6.61 Å². The Labute approximate surface area is 97.3 Å². The van der Waals surface area contributed by atoms with Crippen LogP contribution in [0.1, 0.15) is 26.2 Å². The highest BCUT2D eigenvalue weighted by atomic mass is 19.3. The van der Waals surface area contributed by atoms with Gasteiger partial charge in [0.2, 0.25) is 0 Å². The van der Waals surface area contributed by atoms with Gasteiger partial charge < -0.3 is 9.84 Å². The summed E-state index contributed by atoms with van der Waals surface area (Å²) in [6.45, 7) is 1.11. The van der Waals surface area contributed by atoms with Gasteiger partial charge in [-0.1, -0.05) is 13.3 Å². The normalized spacial score (nSPS) is 22.5. The van der Waals surface area contributed by atoms with Gasteiger partial charge in [0.1, 0.15) is 6.04 Å². The van der Waals surface area contributed by atoms with E-state index in [1.165, 1.54) is 0 Å². The molecule has 0 bridgehead atoms. The molecular weight excluding hydrogens is 236 g/mol. The molecule has 0 aromatic carbocycles. The van der Waals surface area contributed by atoms with Crippen LogP contribution in [-0.4, -0.2) is 47.2 Å². The number of halogens is 2. The molecular formula is C10H15F2NO4. The lowest BCUT2D eigenvalue weighted by atomic mass is 10.2. The van der Waals surface area contributed by atoms with Crippen LogP contribution in [0.3, 0.4) is 0 Å². The number of ether oxygens (including phenoxy) is 1. The van der Waals surface area contributed by atoms with Gasteiger partial charge in [-0.2, -0.15) is 0 Å². The van der Waals surface area contributed by atoms with Crippen molar-refractivity contribution in [2.75, 3.05) is 13.2 Å². The van der Waals surface area contributed by atoms with Crippen molar-refractivity contribution >= 4 is 12.1 Å². The van der Waals surface area contributed by atoms with Crippen LogP contribution in [-0.2, 0) is 9.53 Å². The van der Waals surface area contributed by atoms with Crippen LogP contribution >= 0.6 is 0 Å². The molecule has 0 saturated carbocycles. The molecule has 17 heavy (non-hydrogen) atoms. The number of unbranched alkanes of at least 4 members (excludes halogenated alkanes) is 1. The molecule has 1 aliphatic heterocycles. The van der Waals surface area contributed by atoms with Crippen molar-refractivity contribution in [2.24, 2.45) is 0 Å². The molecule has 0 aromatic rings. The maximum Gasteiger partial charge on any atom is 0.410 e. The summed E-state index contributed by atoms with van der Waals surface area (Å²) in [7, 11) is 0. The first-order chi connectivity index (χ1) is 7.87. The van der Waals surface area contributed by atoms with Crippen molar-refractivity contribution in [2.45, 2.75) is 38.2 Å². The lowest BCUT2D eigenvalue weighted by Gasteiger charge is -2.19. The van der Waals surface area contributed by atoms with E-state index in [0.29, 0.717) is 11.3 Å². The number of alkyl halides is 2. The molecule has 1 amide bonds. The maximum absolute atomic E-state index is 13.0. The summed E-state index contributed by atoms with van der Waals surface area (Å²) in [6, 6.07) is -1.50. The number of likely N-dealkylation sites (tertiary alicyclic amines) is 1. The monoisotopic (exact) mass is 251 g/mol. The zero-order valence-electron chi connectivity index (χ0n) is 9.49. The average Bonchev–Trinajstić information content (AvgIpc) is 2.55. The summed E-state index contributed by atoms with van der Waals surface area (Å²) in [5, 5.41) is 8.75. The van der Waals surface area contributed by atoms with Gasteiger partial charge in [0.05, 0.1) is 13.2 Å². The standard InChI is InChI=1S/C10H15F2NO4/c1-2-3-4-17-9(16)13-6-10(11,12)5-7(13)8(14)15/h7H,2-6H2,1H3,(H,14,15). The van der Waals surface area contributed by atoms with Crippen LogP contribution in [0.25, 0.3) is 0 Å². The van der Waals surface area contributed by atoms with Crippen molar-refractivity contribution < 1.29 is 28.2 Å². The molecule has 1 heterocycles. The van der Waals surface area contributed by atoms with Gasteiger partial charge in [0.15, 0.2) is 0 Å². The van der Waals surface area contributed by atoms with Crippen molar-refractivity contribution in [3.05, 3.63) is 0 Å². The number of carbonyl (C=O) groups is 2. The second-order valence-corrected chi connectivity index (χ2v) is 4.01. The second kappa shape index (κ2) is 5.29. The van der Waals surface area contributed by atoms with Crippen LogP contribution in [0.15, 0.2) is 0 Å². The Hall–Kier alpha value is -1.40. The van der Waals surface area contributed by atoms with Gasteiger partial charge in [0, 0.05) is 6.42 Å². The van der Waals surface area contributed by atoms with E-state index >= 15 is 0 Å². The molecule has 5 nitrogen and oxygen atoms in total. The fourth-order valence-electron chi connectivity index (χ4n) is 1.62. The number of carboxylic acids is 1. The van der Waals surface area contributed by atoms with Crippen molar-refractivity contribution in [3.8, 4) is 0 Å². The Morgan fingerprint density at radius 2 is 2.18 bits per heavy atom. The van der Waals surface area contributed by atoms with E-state index in [9.17, 15) is 18.4 Å². The minimum atomic E-state index is -3.16. The SMILES string of the molecule is CCCCOC(=O)N1CC(F)(F)CC1C(=O)O. The third-order valence-electron chi connectivity index (χ3n) is 2.51. The molecule has 1 N–H and O–H groups in total. The third kappa shape index (κ3) is 3.54. The average molecular weight is 251 g/mol. The number of nitrogens with zero attached hydrogens (tertiary/aromatic N) is 1. The van der Waals surface area contributed by atoms with Crippen molar-refractivity contribution in [1.82, 2.24) is 4.90 Å². The fraction of sp³-hybridized carbons (Fsp3) is 0.800. The lowest BCUT2D eigenvalue weighted by molar-refractivity contribution is -0.142. The molecule has 1 rings (SSSR count). The minimum absolute atomic E-state index is 0.115. The minimum Gasteiger partial charge on any atom is -0.480 e. The highest BCUT2D eigenvalue weighted by Gasteiger charge is 2.50. The van der Waals surface area contributed by atoms with Crippen LogP contribution in [0.5, 0.6) is 0 Å². The van der Waals surface area contributed by atoms with Crippen LogP contribution in [0.4, 0.5) is 13.6 Å². The van der Waals surface area contributed by atoms with E-state index < -0.39 is 37.0 Å². The molecule has 1 saturated heterocycles. The van der Waals surface area contributed by atoms with Gasteiger partial charge in [-0.3, -0.25) is 4.90 Å². The molecule has 0 spiro atoms. The first kappa shape index (κ1) is 13.7. The topological polar surface area (TPSA) is 66.8 Å². The number of amides is 1. The van der Waals surface area contributed by atoms with Crippen LogP contribution < -0.4 is 0 Å². The van der Waals surface area contributed by atoms with E-state index in [4.69, 9.17) is 9.84 Å². The number of aliphatic carboxylic acids is 1. The molecule has 98 valence electrons. The first-order valence-electron chi connectivity index (χ1n) is 5.41. The van der Waals surface area contributed by atoms with Gasteiger partial charge in [-0.05, 0) is 6.42 Å². The summed E-state index contributed by atoms with van der Waals surface area (Å²) in [5.74, 6) is -4.60. The van der Waals surface area contributed by atoms with Crippen molar-refractivity contribution in [1.29, 1.82) is 0 Å². The largest absolute Gasteiger partial charge is 0.480 e. The maximum atomic E-state index is 13.0. The Balaban J connectivity index is 2.61. The molecule has 1 unspecified atom stereocenters. The van der Waals surface area contributed by atoms with Crippen LogP contribution in [0.2, 0.25) is 0 Å². The Kier molecular flexibility index (Phi) is 4.25. The van der Waals surface area contributed by atoms with Gasteiger partial charge >= 0.3 is 12.1 Å². The number of carbonyl (C=O) groups excluding carboxylic acids is 1. The highest BCUT2D eigenvalue weighted by Crippen LogP contribution is 2.32. The van der Waals surface area contributed by atoms with E-state index in [2.05, 4.69) is 0 Å². The fourth-order valence-corrected chi connectivity index (χ4v) is 1.62. The second-order valence-electron chi connectivity index (χ2n) is 4.01. The number of carboxylic acid groups (broad SMARTS) is 1. The summed E-state index contributed by atoms with van der Waals surface area (Å²) < 4.78 is 30.8. The molecule has 0 radical (unpaired) electrons. The lowest BCUT2D eigenvalue weighted by Crippen LogP contribution is -2.41. The third-order valence-corrected chi connectivity index (χ3v) is 2.51. The summed E-state index contributed by atoms with van der Waals surface area (Å²) in [4.78, 5) is 22.8. The predicted octanol–water partition coefficient (Wildman–Crippen LogP) is 1.72. The Morgan fingerprint density at radius 3 is 2.71 bits per heavy atom. The molecule has 0 aliphatic carbocycles. The Morgan fingerprint density at radius 1 is 1.53 bits per heavy atom. The van der Waals surface area contributed by atoms with Gasteiger partial charge in [0.25, 0.3) is 5.92 Å². The molecule has 1 aliphatic rings. The number of rotatable bonds is 4. The van der Waals surface area contributed by atoms with Crippen LogP contribution in [0, 0.1) is 0 Å². The molecule has 7 heteroatoms. The summed E-state index contributed by atoms with van der Waals surface area (Å²) in [6.07, 6.45) is -0.423. The number of hydrogen-bond acceptors (Lipinski definition) is 3. The smallest absolute Gasteiger partial charge is 0.410 e. The van der Waals surface area contributed by atoms with E-state index in [1.54, 1.807) is 0 Å². The molecule has 1 fully saturated rings. The van der Waals surface area contributed by atoms with Crippen molar-refractivity contribution in [3.63, 3.8) is 0 Å². The highest BCUT2D eigenvalue weighted by molar-refractivity contribution is 5.81. The summed E-state index contributed by atoms with van der Waals surface area (Å²) >= 11 is 0. The van der Waals surface area contributed by atoms with E-state index in [0.717, 1.165) is 6.42 Å². The quantitative estimate of drug-likeness (QED) is 0.772. The summed E-state index contributed by atoms with van der Waals surface area (Å²) in [5.41, 5.74) is 0. The van der Waals surface area contributed by atoms with E-state index in [1.807, 2.05) is 6.92 Å². The zero-order valence-corrected chi connectivity index (χ0v) is 9.49. The van der Waals surface area contributed by atoms with Gasteiger partial charge in [-0.15, -0.1) is 0 Å². The Bertz CT molecular complexity index is 309. The zero-order chi connectivity index (χ0) is 13.1. The number of hydrogen-bond donors (Lipinski definition) is 1. The van der Waals surface area contributed by atoms with Gasteiger partial charge in [-0.25, -0.2) is 18.4 Å². The molecule has 0 aromatic heterocycles. The predicted molar refractivity (Wildman–Crippen MR) is 53.9 cm³/mol.